The molecule has 59 valence electrons. The van der Waals surface area contributed by atoms with Crippen LogP contribution in [0.3, 0.4) is 0 Å². The van der Waals surface area contributed by atoms with Crippen LogP contribution in [0.25, 0.3) is 0 Å². The Morgan fingerprint density at radius 3 is 2.10 bits per heavy atom. The monoisotopic (exact) mass is 180 g/mol. The minimum atomic E-state index is -0.373. The second kappa shape index (κ2) is 4.81. The predicted molar refractivity (Wildman–Crippen MR) is 35.5 cm³/mol. The maximum absolute atomic E-state index is 10.8. The first-order valence-corrected chi connectivity index (χ1v) is 3.01. The van der Waals surface area contributed by atoms with Crippen LogP contribution in [0.15, 0.2) is 0 Å². The minimum Gasteiger partial charge on any atom is -0.640 e. The number of rotatable bonds is 2. The molecule has 0 saturated heterocycles. The average Bonchev–Trinajstić information content (AvgIpc) is 1.86. The normalized spacial score (nSPS) is 10.0. The van der Waals surface area contributed by atoms with E-state index in [9.17, 15) is 4.79 Å². The molecule has 0 fully saturated rings. The topological polar surface area (TPSA) is 26.3 Å². The van der Waals surface area contributed by atoms with Crippen molar-refractivity contribution in [1.29, 1.82) is 0 Å². The molecular formula is C7H13O2V-. The summed E-state index contributed by atoms with van der Waals surface area (Å²) in [4.78, 5) is 10.8. The van der Waals surface area contributed by atoms with E-state index in [1.807, 2.05) is 20.8 Å². The minimum absolute atomic E-state index is 0. The third-order valence-electron chi connectivity index (χ3n) is 1.57. The zero-order valence-corrected chi connectivity index (χ0v) is 8.07. The fourth-order valence-electron chi connectivity index (χ4n) is 0.340. The first-order valence-electron chi connectivity index (χ1n) is 3.01. The summed E-state index contributed by atoms with van der Waals surface area (Å²) in [6, 6.07) is 0. The van der Waals surface area contributed by atoms with Gasteiger partial charge in [0.1, 0.15) is 0 Å². The second-order valence-corrected chi connectivity index (χ2v) is 2.67. The predicted octanol–water partition coefficient (Wildman–Crippen LogP) is 1.75. The molecule has 0 spiro atoms. The summed E-state index contributed by atoms with van der Waals surface area (Å²) in [7, 11) is 3.05. The quantitative estimate of drug-likeness (QED) is 0.478. The smallest absolute Gasteiger partial charge is 0.279 e. The molecule has 1 radical (unpaired) electrons. The van der Waals surface area contributed by atoms with Crippen LogP contribution in [0.1, 0.15) is 27.2 Å². The summed E-state index contributed by atoms with van der Waals surface area (Å²) in [5.41, 5.74) is -0.373. The number of esters is 1. The van der Waals surface area contributed by atoms with Crippen molar-refractivity contribution < 1.29 is 28.1 Å². The second-order valence-electron chi connectivity index (χ2n) is 2.67. The fourth-order valence-corrected chi connectivity index (χ4v) is 0.340. The van der Waals surface area contributed by atoms with Crippen LogP contribution in [0, 0.1) is 12.5 Å². The van der Waals surface area contributed by atoms with E-state index in [1.165, 1.54) is 0 Å². The molecule has 0 aromatic heterocycles. The summed E-state index contributed by atoms with van der Waals surface area (Å²) in [5.74, 6) is -0.245. The molecule has 0 saturated carbocycles. The van der Waals surface area contributed by atoms with Crippen molar-refractivity contribution in [1.82, 2.24) is 0 Å². The summed E-state index contributed by atoms with van der Waals surface area (Å²) < 4.78 is 4.32. The van der Waals surface area contributed by atoms with Crippen molar-refractivity contribution >= 4 is 5.97 Å². The number of ether oxygens (including phenoxy) is 1. The van der Waals surface area contributed by atoms with Crippen LogP contribution in [0.2, 0.25) is 0 Å². The number of hydrogen-bond donors (Lipinski definition) is 0. The molecule has 0 aliphatic rings. The Balaban J connectivity index is 0. The molecule has 0 aliphatic heterocycles. The van der Waals surface area contributed by atoms with Gasteiger partial charge >= 0.3 is 0 Å². The zero-order chi connectivity index (χ0) is 7.49. The van der Waals surface area contributed by atoms with Gasteiger partial charge in [-0.15, -0.1) is 0 Å². The van der Waals surface area contributed by atoms with Crippen molar-refractivity contribution in [3.05, 3.63) is 7.11 Å². The van der Waals surface area contributed by atoms with Gasteiger partial charge in [-0.25, -0.2) is 0 Å². The van der Waals surface area contributed by atoms with Gasteiger partial charge in [-0.1, -0.05) is 6.92 Å². The van der Waals surface area contributed by atoms with Crippen LogP contribution < -0.4 is 0 Å². The first-order chi connectivity index (χ1) is 4.04. The van der Waals surface area contributed by atoms with Gasteiger partial charge in [-0.3, -0.25) is 4.79 Å². The molecule has 0 N–H and O–H groups in total. The number of carbonyl (C=O) groups excluding carboxylic acids is 1. The average molecular weight is 180 g/mol. The zero-order valence-electron chi connectivity index (χ0n) is 6.68. The van der Waals surface area contributed by atoms with Crippen molar-refractivity contribution in [3.8, 4) is 0 Å². The Morgan fingerprint density at radius 1 is 1.60 bits per heavy atom. The molecule has 0 aromatic rings. The fraction of sp³-hybridized carbons (Fsp3) is 0.714. The van der Waals surface area contributed by atoms with Gasteiger partial charge in [-0.2, -0.15) is 7.11 Å². The van der Waals surface area contributed by atoms with E-state index in [1.54, 1.807) is 0 Å². The maximum atomic E-state index is 10.8. The van der Waals surface area contributed by atoms with Crippen LogP contribution in [-0.2, 0) is 28.1 Å². The molecule has 10 heavy (non-hydrogen) atoms. The summed E-state index contributed by atoms with van der Waals surface area (Å²) in [6.45, 7) is 5.61. The van der Waals surface area contributed by atoms with E-state index in [-0.39, 0.29) is 29.9 Å². The van der Waals surface area contributed by atoms with E-state index in [2.05, 4.69) is 11.8 Å². The molecule has 0 amide bonds. The molecule has 3 heteroatoms. The van der Waals surface area contributed by atoms with Crippen molar-refractivity contribution in [3.63, 3.8) is 0 Å². The third kappa shape index (κ3) is 3.28. The van der Waals surface area contributed by atoms with Crippen molar-refractivity contribution in [2.75, 3.05) is 0 Å². The number of carbonyl (C=O) groups is 1. The molecule has 0 bridgehead atoms. The van der Waals surface area contributed by atoms with E-state index < -0.39 is 0 Å². The van der Waals surface area contributed by atoms with Gasteiger partial charge in [0.25, 0.3) is 5.97 Å². The van der Waals surface area contributed by atoms with Gasteiger partial charge in [0.05, 0.1) is 5.41 Å². The number of hydrogen-bond acceptors (Lipinski definition) is 2. The van der Waals surface area contributed by atoms with Crippen molar-refractivity contribution in [2.24, 2.45) is 5.41 Å². The summed E-state index contributed by atoms with van der Waals surface area (Å²) >= 11 is 0. The van der Waals surface area contributed by atoms with E-state index in [0.717, 1.165) is 6.42 Å². The van der Waals surface area contributed by atoms with Crippen molar-refractivity contribution in [2.45, 2.75) is 27.2 Å². The third-order valence-corrected chi connectivity index (χ3v) is 1.57. The Morgan fingerprint density at radius 2 is 2.00 bits per heavy atom. The maximum Gasteiger partial charge on any atom is 0.279 e. The molecule has 2 nitrogen and oxygen atoms in total. The molecule has 0 unspecified atom stereocenters. The summed E-state index contributed by atoms with van der Waals surface area (Å²) in [5, 5.41) is 0. The van der Waals surface area contributed by atoms with Crippen LogP contribution in [-0.4, -0.2) is 5.97 Å². The molecular weight excluding hydrogens is 167 g/mol. The van der Waals surface area contributed by atoms with Gasteiger partial charge in [0.2, 0.25) is 0 Å². The molecule has 0 aromatic carbocycles. The summed E-state index contributed by atoms with van der Waals surface area (Å²) in [6.07, 6.45) is 0.779. The van der Waals surface area contributed by atoms with Gasteiger partial charge in [-0.05, 0) is 20.3 Å². The van der Waals surface area contributed by atoms with Crippen LogP contribution in [0.5, 0.6) is 0 Å². The Labute approximate surface area is 74.2 Å². The molecule has 0 aliphatic carbocycles. The Bertz CT molecular complexity index is 110. The molecule has 0 heterocycles. The Kier molecular flexibility index (Phi) is 6.11. The van der Waals surface area contributed by atoms with E-state index in [0.29, 0.717) is 0 Å². The molecule has 0 rings (SSSR count). The molecule has 0 atom stereocenters. The van der Waals surface area contributed by atoms with Gasteiger partial charge < -0.3 is 4.74 Å². The SMILES string of the molecule is [CH2-]OC(=O)C(C)(C)CC.[V]. The van der Waals surface area contributed by atoms with E-state index in [4.69, 9.17) is 0 Å². The van der Waals surface area contributed by atoms with Gasteiger partial charge in [0, 0.05) is 18.6 Å². The van der Waals surface area contributed by atoms with Crippen LogP contribution in [0.4, 0.5) is 0 Å². The van der Waals surface area contributed by atoms with Gasteiger partial charge in [0.15, 0.2) is 0 Å². The Hall–Kier alpha value is 0.0544. The largest absolute Gasteiger partial charge is 0.640 e. The first kappa shape index (κ1) is 12.7. The van der Waals surface area contributed by atoms with E-state index >= 15 is 0 Å². The standard InChI is InChI=1S/C7H13O2.V/c1-5-7(2,3)6(8)9-4;/h4-5H2,1-3H3;/q-1;. The van der Waals surface area contributed by atoms with Crippen LogP contribution >= 0.6 is 0 Å².